The first-order chi connectivity index (χ1) is 5.41. The van der Waals surface area contributed by atoms with Crippen molar-refractivity contribution in [1.82, 2.24) is 0 Å². The zero-order valence-corrected chi connectivity index (χ0v) is 7.92. The summed E-state index contributed by atoms with van der Waals surface area (Å²) in [7, 11) is 0. The fourth-order valence-corrected chi connectivity index (χ4v) is 3.04. The number of Topliss-reactive ketones (excluding diaryl/α,β-unsaturated/α-hetero) is 1. The Labute approximate surface area is 73.0 Å². The van der Waals surface area contributed by atoms with Gasteiger partial charge in [0.25, 0.3) is 0 Å². The third kappa shape index (κ3) is 0.598. The number of fused-ring (bicyclic) bond motifs is 2. The molecule has 0 amide bonds. The maximum absolute atomic E-state index is 11.7. The monoisotopic (exact) mass is 168 g/mol. The van der Waals surface area contributed by atoms with E-state index >= 15 is 0 Å². The van der Waals surface area contributed by atoms with E-state index < -0.39 is 6.10 Å². The molecule has 3 unspecified atom stereocenters. The molecule has 12 heavy (non-hydrogen) atoms. The Morgan fingerprint density at radius 2 is 2.00 bits per heavy atom. The molecule has 2 heteroatoms. The Kier molecular flexibility index (Phi) is 1.32. The second kappa shape index (κ2) is 1.92. The van der Waals surface area contributed by atoms with Gasteiger partial charge < -0.3 is 5.11 Å². The van der Waals surface area contributed by atoms with Crippen LogP contribution in [0.25, 0.3) is 0 Å². The standard InChI is InChI=1S/C10H16O2/c1-9(2)6-4-5-10(9,3)8(12)7(6)11/h6-7,11H,4-5H2,1-3H3. The number of aliphatic hydroxyl groups excluding tert-OH is 1. The lowest BCUT2D eigenvalue weighted by Crippen LogP contribution is -2.34. The van der Waals surface area contributed by atoms with Crippen LogP contribution in [0.1, 0.15) is 33.6 Å². The lowest BCUT2D eigenvalue weighted by atomic mass is 9.70. The third-order valence-electron chi connectivity index (χ3n) is 4.50. The summed E-state index contributed by atoms with van der Waals surface area (Å²) < 4.78 is 0. The molecule has 2 aliphatic rings. The van der Waals surface area contributed by atoms with Crippen LogP contribution in [0, 0.1) is 16.7 Å². The molecule has 0 radical (unpaired) electrons. The molecule has 2 nitrogen and oxygen atoms in total. The molecule has 3 atom stereocenters. The van der Waals surface area contributed by atoms with E-state index in [1.165, 1.54) is 0 Å². The summed E-state index contributed by atoms with van der Waals surface area (Å²) in [6.07, 6.45) is 1.29. The Morgan fingerprint density at radius 3 is 2.25 bits per heavy atom. The van der Waals surface area contributed by atoms with Gasteiger partial charge in [-0.3, -0.25) is 4.79 Å². The second-order valence-electron chi connectivity index (χ2n) is 5.01. The second-order valence-corrected chi connectivity index (χ2v) is 5.01. The molecule has 0 heterocycles. The molecule has 68 valence electrons. The topological polar surface area (TPSA) is 37.3 Å². The molecule has 1 N–H and O–H groups in total. The van der Waals surface area contributed by atoms with Crippen LogP contribution in [0.2, 0.25) is 0 Å². The highest BCUT2D eigenvalue weighted by Crippen LogP contribution is 2.63. The number of carbonyl (C=O) groups is 1. The van der Waals surface area contributed by atoms with Crippen molar-refractivity contribution < 1.29 is 9.90 Å². The van der Waals surface area contributed by atoms with Gasteiger partial charge in [-0.15, -0.1) is 0 Å². The molecular weight excluding hydrogens is 152 g/mol. The quantitative estimate of drug-likeness (QED) is 0.593. The van der Waals surface area contributed by atoms with Crippen molar-refractivity contribution in [3.05, 3.63) is 0 Å². The van der Waals surface area contributed by atoms with Crippen molar-refractivity contribution in [3.8, 4) is 0 Å². The Hall–Kier alpha value is -0.370. The van der Waals surface area contributed by atoms with Crippen LogP contribution >= 0.6 is 0 Å². The summed E-state index contributed by atoms with van der Waals surface area (Å²) in [4.78, 5) is 11.7. The lowest BCUT2D eigenvalue weighted by molar-refractivity contribution is -0.135. The van der Waals surface area contributed by atoms with Crippen molar-refractivity contribution in [1.29, 1.82) is 0 Å². The summed E-state index contributed by atoms with van der Waals surface area (Å²) in [5, 5.41) is 9.64. The maximum Gasteiger partial charge on any atom is 0.167 e. The molecule has 0 aliphatic heterocycles. The summed E-state index contributed by atoms with van der Waals surface area (Å²) in [6, 6.07) is 0. The molecule has 0 spiro atoms. The molecule has 2 fully saturated rings. The highest BCUT2D eigenvalue weighted by atomic mass is 16.3. The van der Waals surface area contributed by atoms with Gasteiger partial charge in [-0.25, -0.2) is 0 Å². The predicted molar refractivity (Wildman–Crippen MR) is 45.6 cm³/mol. The van der Waals surface area contributed by atoms with Crippen molar-refractivity contribution in [2.45, 2.75) is 39.7 Å². The molecule has 2 bridgehead atoms. The molecule has 2 saturated carbocycles. The number of ketones is 1. The number of carbonyl (C=O) groups excluding carboxylic acids is 1. The highest BCUT2D eigenvalue weighted by molar-refractivity contribution is 5.93. The van der Waals surface area contributed by atoms with Crippen molar-refractivity contribution in [2.24, 2.45) is 16.7 Å². The Balaban J connectivity index is 2.50. The van der Waals surface area contributed by atoms with E-state index in [4.69, 9.17) is 0 Å². The smallest absolute Gasteiger partial charge is 0.167 e. The highest BCUT2D eigenvalue weighted by Gasteiger charge is 2.65. The SMILES string of the molecule is CC12CCC(C(O)C1=O)C2(C)C. The minimum Gasteiger partial charge on any atom is -0.385 e. The number of hydrogen-bond donors (Lipinski definition) is 1. The van der Waals surface area contributed by atoms with E-state index in [-0.39, 0.29) is 22.5 Å². The van der Waals surface area contributed by atoms with E-state index in [1.54, 1.807) is 0 Å². The molecule has 2 rings (SSSR count). The van der Waals surface area contributed by atoms with Crippen LogP contribution in [0.5, 0.6) is 0 Å². The summed E-state index contributed by atoms with van der Waals surface area (Å²) >= 11 is 0. The van der Waals surface area contributed by atoms with Crippen LogP contribution in [0.4, 0.5) is 0 Å². The van der Waals surface area contributed by atoms with Gasteiger partial charge in [0.15, 0.2) is 5.78 Å². The molecule has 2 aliphatic carbocycles. The lowest BCUT2D eigenvalue weighted by Gasteiger charge is -2.31. The van der Waals surface area contributed by atoms with Gasteiger partial charge >= 0.3 is 0 Å². The Bertz CT molecular complexity index is 244. The van der Waals surface area contributed by atoms with Crippen LogP contribution in [-0.4, -0.2) is 17.0 Å². The fraction of sp³-hybridized carbons (Fsp3) is 0.900. The largest absolute Gasteiger partial charge is 0.385 e. The summed E-state index contributed by atoms with van der Waals surface area (Å²) in [5.41, 5.74) is -0.249. The maximum atomic E-state index is 11.7. The normalized spacial score (nSPS) is 50.2. The van der Waals surface area contributed by atoms with Gasteiger partial charge in [0, 0.05) is 5.41 Å². The van der Waals surface area contributed by atoms with Gasteiger partial charge in [-0.1, -0.05) is 20.8 Å². The van der Waals surface area contributed by atoms with Crippen molar-refractivity contribution in [2.75, 3.05) is 0 Å². The molecule has 0 aromatic rings. The van der Waals surface area contributed by atoms with Gasteiger partial charge in [0.1, 0.15) is 6.10 Å². The molecule has 0 aromatic carbocycles. The van der Waals surface area contributed by atoms with Gasteiger partial charge in [0.2, 0.25) is 0 Å². The third-order valence-corrected chi connectivity index (χ3v) is 4.50. The zero-order valence-electron chi connectivity index (χ0n) is 7.92. The van der Waals surface area contributed by atoms with Crippen LogP contribution in [0.15, 0.2) is 0 Å². The molecule has 0 saturated heterocycles. The van der Waals surface area contributed by atoms with E-state index in [1.807, 2.05) is 6.92 Å². The summed E-state index contributed by atoms with van der Waals surface area (Å²) in [6.45, 7) is 6.23. The van der Waals surface area contributed by atoms with Crippen molar-refractivity contribution in [3.63, 3.8) is 0 Å². The first-order valence-electron chi connectivity index (χ1n) is 4.63. The first kappa shape index (κ1) is 8.24. The molecule has 0 aromatic heterocycles. The summed E-state index contributed by atoms with van der Waals surface area (Å²) in [5.74, 6) is 0.277. The van der Waals surface area contributed by atoms with Crippen LogP contribution < -0.4 is 0 Å². The minimum atomic E-state index is -0.682. The zero-order chi connectivity index (χ0) is 9.15. The molecular formula is C10H16O2. The predicted octanol–water partition coefficient (Wildman–Crippen LogP) is 1.37. The van der Waals surface area contributed by atoms with E-state index in [2.05, 4.69) is 13.8 Å². The van der Waals surface area contributed by atoms with Gasteiger partial charge in [-0.05, 0) is 24.2 Å². The average molecular weight is 168 g/mol. The first-order valence-corrected chi connectivity index (χ1v) is 4.63. The van der Waals surface area contributed by atoms with Crippen LogP contribution in [-0.2, 0) is 4.79 Å². The fourth-order valence-electron chi connectivity index (χ4n) is 3.04. The van der Waals surface area contributed by atoms with E-state index in [9.17, 15) is 9.90 Å². The van der Waals surface area contributed by atoms with Gasteiger partial charge in [-0.2, -0.15) is 0 Å². The number of aliphatic hydroxyl groups is 1. The van der Waals surface area contributed by atoms with E-state index in [0.29, 0.717) is 0 Å². The minimum absolute atomic E-state index is 0.00347. The number of hydrogen-bond acceptors (Lipinski definition) is 2. The van der Waals surface area contributed by atoms with Crippen LogP contribution in [0.3, 0.4) is 0 Å². The number of rotatable bonds is 0. The van der Waals surface area contributed by atoms with E-state index in [0.717, 1.165) is 12.8 Å². The average Bonchev–Trinajstić information content (AvgIpc) is 2.26. The van der Waals surface area contributed by atoms with Gasteiger partial charge in [0.05, 0.1) is 0 Å². The Morgan fingerprint density at radius 1 is 1.42 bits per heavy atom. The van der Waals surface area contributed by atoms with Crippen molar-refractivity contribution >= 4 is 5.78 Å².